The molecule has 4 rings (SSSR count). The van der Waals surface area contributed by atoms with Gasteiger partial charge in [0.1, 0.15) is 12.0 Å². The summed E-state index contributed by atoms with van der Waals surface area (Å²) in [6.07, 6.45) is 9.22. The number of nitrogens with zero attached hydrogens (tertiary/aromatic N) is 6. The molecule has 8 heteroatoms. The van der Waals surface area contributed by atoms with Gasteiger partial charge >= 0.3 is 0 Å². The van der Waals surface area contributed by atoms with Gasteiger partial charge in [-0.1, -0.05) is 0 Å². The van der Waals surface area contributed by atoms with Crippen molar-refractivity contribution in [3.8, 4) is 5.82 Å². The van der Waals surface area contributed by atoms with Gasteiger partial charge in [-0.25, -0.2) is 19.6 Å². The lowest BCUT2D eigenvalue weighted by Crippen LogP contribution is -2.35. The van der Waals surface area contributed by atoms with Crippen molar-refractivity contribution in [3.63, 3.8) is 0 Å². The van der Waals surface area contributed by atoms with E-state index in [4.69, 9.17) is 5.73 Å². The summed E-state index contributed by atoms with van der Waals surface area (Å²) in [6.45, 7) is 1.83. The molecule has 0 radical (unpaired) electrons. The van der Waals surface area contributed by atoms with Crippen LogP contribution >= 0.6 is 11.3 Å². The lowest BCUT2D eigenvalue weighted by atomic mass is 9.98. The van der Waals surface area contributed by atoms with Gasteiger partial charge in [-0.2, -0.15) is 5.10 Å². The highest BCUT2D eigenvalue weighted by Gasteiger charge is 2.26. The standard InChI is InChI=1S/C15H17N7S/c16-12-13(18-10-19-14(12)22-7-2-4-20-22)21-6-1-3-11(9-21)15-17-5-8-23-15/h2,4-5,7-8,10-11H,1,3,6,9,16H2. The van der Waals surface area contributed by atoms with Gasteiger partial charge in [-0.3, -0.25) is 0 Å². The summed E-state index contributed by atoms with van der Waals surface area (Å²) >= 11 is 1.72. The fourth-order valence-electron chi connectivity index (χ4n) is 3.01. The maximum Gasteiger partial charge on any atom is 0.181 e. The van der Waals surface area contributed by atoms with Crippen LogP contribution in [0.4, 0.5) is 11.5 Å². The summed E-state index contributed by atoms with van der Waals surface area (Å²) in [6, 6.07) is 1.85. The predicted octanol–water partition coefficient (Wildman–Crippen LogP) is 2.08. The van der Waals surface area contributed by atoms with Crippen LogP contribution < -0.4 is 10.6 Å². The molecule has 4 heterocycles. The van der Waals surface area contributed by atoms with Crippen LogP contribution in [0.3, 0.4) is 0 Å². The number of nitrogens with two attached hydrogens (primary N) is 1. The summed E-state index contributed by atoms with van der Waals surface area (Å²) < 4.78 is 1.67. The van der Waals surface area contributed by atoms with E-state index in [1.165, 1.54) is 5.01 Å². The highest BCUT2D eigenvalue weighted by molar-refractivity contribution is 7.09. The van der Waals surface area contributed by atoms with Crippen LogP contribution in [0.15, 0.2) is 36.4 Å². The van der Waals surface area contributed by atoms with E-state index >= 15 is 0 Å². The van der Waals surface area contributed by atoms with Crippen molar-refractivity contribution in [3.05, 3.63) is 41.4 Å². The molecule has 7 nitrogen and oxygen atoms in total. The van der Waals surface area contributed by atoms with Crippen LogP contribution in [-0.4, -0.2) is 37.8 Å². The van der Waals surface area contributed by atoms with Crippen molar-refractivity contribution in [2.75, 3.05) is 23.7 Å². The minimum absolute atomic E-state index is 0.436. The number of aromatic nitrogens is 5. The highest BCUT2D eigenvalue weighted by Crippen LogP contribution is 2.33. The van der Waals surface area contributed by atoms with Crippen LogP contribution in [0.5, 0.6) is 0 Å². The number of hydrogen-bond acceptors (Lipinski definition) is 7. The Labute approximate surface area is 137 Å². The second-order valence-electron chi connectivity index (χ2n) is 5.54. The zero-order valence-corrected chi connectivity index (χ0v) is 13.4. The van der Waals surface area contributed by atoms with E-state index in [0.29, 0.717) is 17.4 Å². The molecule has 1 aliphatic heterocycles. The first-order valence-corrected chi connectivity index (χ1v) is 8.45. The lowest BCUT2D eigenvalue weighted by Gasteiger charge is -2.33. The third-order valence-electron chi connectivity index (χ3n) is 4.08. The van der Waals surface area contributed by atoms with E-state index in [9.17, 15) is 0 Å². The number of anilines is 2. The highest BCUT2D eigenvalue weighted by atomic mass is 32.1. The monoisotopic (exact) mass is 327 g/mol. The molecular weight excluding hydrogens is 310 g/mol. The van der Waals surface area contributed by atoms with Gasteiger partial charge < -0.3 is 10.6 Å². The summed E-state index contributed by atoms with van der Waals surface area (Å²) in [4.78, 5) is 15.4. The Morgan fingerprint density at radius 1 is 1.17 bits per heavy atom. The molecule has 3 aromatic heterocycles. The summed E-state index contributed by atoms with van der Waals surface area (Å²) in [5.74, 6) is 1.84. The van der Waals surface area contributed by atoms with E-state index in [2.05, 4.69) is 25.0 Å². The molecule has 3 aromatic rings. The van der Waals surface area contributed by atoms with Gasteiger partial charge in [0, 0.05) is 43.0 Å². The summed E-state index contributed by atoms with van der Waals surface area (Å²) in [5.41, 5.74) is 6.89. The molecule has 0 bridgehead atoms. The van der Waals surface area contributed by atoms with Crippen molar-refractivity contribution >= 4 is 22.8 Å². The van der Waals surface area contributed by atoms with Crippen LogP contribution in [0.1, 0.15) is 23.8 Å². The molecule has 0 saturated carbocycles. The zero-order valence-electron chi connectivity index (χ0n) is 12.5. The topological polar surface area (TPSA) is 85.8 Å². The van der Waals surface area contributed by atoms with Gasteiger partial charge in [-0.15, -0.1) is 11.3 Å². The largest absolute Gasteiger partial charge is 0.393 e. The molecule has 1 fully saturated rings. The molecular formula is C15H17N7S. The third kappa shape index (κ3) is 2.65. The van der Waals surface area contributed by atoms with E-state index < -0.39 is 0 Å². The molecule has 118 valence electrons. The maximum absolute atomic E-state index is 6.33. The van der Waals surface area contributed by atoms with Gasteiger partial charge in [0.25, 0.3) is 0 Å². The Bertz CT molecular complexity index is 769. The second kappa shape index (κ2) is 5.96. The van der Waals surface area contributed by atoms with Crippen LogP contribution in [0.2, 0.25) is 0 Å². The third-order valence-corrected chi connectivity index (χ3v) is 5.02. The number of piperidine rings is 1. The van der Waals surface area contributed by atoms with E-state index in [0.717, 1.165) is 31.7 Å². The number of thiazole rings is 1. The fraction of sp³-hybridized carbons (Fsp3) is 0.333. The molecule has 1 unspecified atom stereocenters. The van der Waals surface area contributed by atoms with Crippen molar-refractivity contribution in [2.24, 2.45) is 0 Å². The quantitative estimate of drug-likeness (QED) is 0.793. The normalized spacial score (nSPS) is 18.3. The molecule has 1 aliphatic rings. The zero-order chi connectivity index (χ0) is 15.6. The van der Waals surface area contributed by atoms with Crippen molar-refractivity contribution in [1.82, 2.24) is 24.7 Å². The molecule has 2 N–H and O–H groups in total. The van der Waals surface area contributed by atoms with Gasteiger partial charge in [0.05, 0.1) is 5.01 Å². The molecule has 0 aromatic carbocycles. The molecule has 0 amide bonds. The first-order chi connectivity index (χ1) is 11.3. The Morgan fingerprint density at radius 3 is 2.87 bits per heavy atom. The van der Waals surface area contributed by atoms with Gasteiger partial charge in [-0.05, 0) is 18.9 Å². The SMILES string of the molecule is Nc1c(N2CCCC(c3nccs3)C2)ncnc1-n1cccn1. The van der Waals surface area contributed by atoms with Gasteiger partial charge in [0.2, 0.25) is 0 Å². The molecule has 23 heavy (non-hydrogen) atoms. The minimum atomic E-state index is 0.436. The molecule has 1 saturated heterocycles. The molecule has 1 atom stereocenters. The summed E-state index contributed by atoms with van der Waals surface area (Å²) in [5, 5.41) is 7.43. The van der Waals surface area contributed by atoms with Crippen molar-refractivity contribution in [2.45, 2.75) is 18.8 Å². The predicted molar refractivity (Wildman–Crippen MR) is 89.9 cm³/mol. The Hall–Kier alpha value is -2.48. The maximum atomic E-state index is 6.33. The fourth-order valence-corrected chi connectivity index (χ4v) is 3.78. The minimum Gasteiger partial charge on any atom is -0.393 e. The summed E-state index contributed by atoms with van der Waals surface area (Å²) in [7, 11) is 0. The molecule has 0 aliphatic carbocycles. The van der Waals surface area contributed by atoms with Crippen LogP contribution in [-0.2, 0) is 0 Å². The van der Waals surface area contributed by atoms with E-state index in [1.807, 2.05) is 23.8 Å². The number of hydrogen-bond donors (Lipinski definition) is 1. The lowest BCUT2D eigenvalue weighted by molar-refractivity contribution is 0.505. The second-order valence-corrected chi connectivity index (χ2v) is 6.47. The van der Waals surface area contributed by atoms with E-state index in [1.54, 1.807) is 28.5 Å². The number of rotatable bonds is 3. The van der Waals surface area contributed by atoms with E-state index in [-0.39, 0.29) is 0 Å². The average molecular weight is 327 g/mol. The Balaban J connectivity index is 1.64. The van der Waals surface area contributed by atoms with Crippen molar-refractivity contribution < 1.29 is 0 Å². The van der Waals surface area contributed by atoms with Crippen LogP contribution in [0, 0.1) is 0 Å². The van der Waals surface area contributed by atoms with Crippen LogP contribution in [0.25, 0.3) is 5.82 Å². The van der Waals surface area contributed by atoms with Crippen molar-refractivity contribution in [1.29, 1.82) is 0 Å². The smallest absolute Gasteiger partial charge is 0.181 e. The first kappa shape index (κ1) is 14.1. The Kier molecular flexibility index (Phi) is 3.66. The van der Waals surface area contributed by atoms with Gasteiger partial charge in [0.15, 0.2) is 11.6 Å². The number of nitrogen functional groups attached to an aromatic ring is 1. The molecule has 0 spiro atoms. The average Bonchev–Trinajstić information content (AvgIpc) is 3.29. The Morgan fingerprint density at radius 2 is 2.09 bits per heavy atom. The first-order valence-electron chi connectivity index (χ1n) is 7.58.